The van der Waals surface area contributed by atoms with Gasteiger partial charge in [-0.3, -0.25) is 4.79 Å². The summed E-state index contributed by atoms with van der Waals surface area (Å²) in [5.74, 6) is 0.797. The van der Waals surface area contributed by atoms with E-state index in [0.29, 0.717) is 21.9 Å². The van der Waals surface area contributed by atoms with Crippen molar-refractivity contribution in [3.63, 3.8) is 0 Å². The Balaban J connectivity index is 1.59. The fraction of sp³-hybridized carbons (Fsp3) is 0.348. The molecule has 3 aliphatic rings. The summed E-state index contributed by atoms with van der Waals surface area (Å²) in [5, 5.41) is 5.01. The number of para-hydroxylation sites is 1. The molecule has 2 aliphatic heterocycles. The smallest absolute Gasteiger partial charge is 0.255 e. The monoisotopic (exact) mass is 412 g/mol. The van der Waals surface area contributed by atoms with Crippen molar-refractivity contribution in [2.45, 2.75) is 31.2 Å². The number of nitrogens with zero attached hydrogens (tertiary/aromatic N) is 1. The van der Waals surface area contributed by atoms with E-state index in [2.05, 4.69) is 23.5 Å². The van der Waals surface area contributed by atoms with Crippen LogP contribution in [0.5, 0.6) is 0 Å². The highest BCUT2D eigenvalue weighted by atomic mass is 35.5. The Labute approximate surface area is 175 Å². The molecule has 5 heteroatoms. The zero-order chi connectivity index (χ0) is 19.3. The van der Waals surface area contributed by atoms with Crippen molar-refractivity contribution in [2.24, 2.45) is 5.92 Å². The normalized spacial score (nSPS) is 25.4. The van der Waals surface area contributed by atoms with Gasteiger partial charge in [0.25, 0.3) is 5.91 Å². The number of hydrogen-bond acceptors (Lipinski definition) is 2. The van der Waals surface area contributed by atoms with Crippen molar-refractivity contribution in [2.75, 3.05) is 18.4 Å². The van der Waals surface area contributed by atoms with Crippen LogP contribution < -0.4 is 5.32 Å². The molecule has 0 bridgehead atoms. The summed E-state index contributed by atoms with van der Waals surface area (Å²) in [6, 6.07) is 11.9. The molecule has 2 aromatic rings. The van der Waals surface area contributed by atoms with Crippen LogP contribution in [0.15, 0.2) is 48.6 Å². The van der Waals surface area contributed by atoms with E-state index < -0.39 is 0 Å². The van der Waals surface area contributed by atoms with Gasteiger partial charge in [0, 0.05) is 29.1 Å². The van der Waals surface area contributed by atoms with E-state index in [-0.39, 0.29) is 11.9 Å². The first-order valence-electron chi connectivity index (χ1n) is 9.94. The Morgan fingerprint density at radius 1 is 1.07 bits per heavy atom. The van der Waals surface area contributed by atoms with Gasteiger partial charge in [0.15, 0.2) is 0 Å². The van der Waals surface area contributed by atoms with E-state index in [1.807, 2.05) is 29.2 Å². The van der Waals surface area contributed by atoms with Gasteiger partial charge in [-0.25, -0.2) is 0 Å². The molecule has 1 aliphatic carbocycles. The molecular formula is C23H22Cl2N2O. The Kier molecular flexibility index (Phi) is 4.60. The van der Waals surface area contributed by atoms with Crippen molar-refractivity contribution >= 4 is 34.8 Å². The molecule has 28 heavy (non-hydrogen) atoms. The fourth-order valence-corrected chi connectivity index (χ4v) is 5.48. The molecule has 1 N–H and O–H groups in total. The van der Waals surface area contributed by atoms with E-state index in [1.165, 1.54) is 5.56 Å². The predicted molar refractivity (Wildman–Crippen MR) is 114 cm³/mol. The lowest BCUT2D eigenvalue weighted by Gasteiger charge is -2.39. The first kappa shape index (κ1) is 18.1. The van der Waals surface area contributed by atoms with Gasteiger partial charge in [-0.1, -0.05) is 53.6 Å². The van der Waals surface area contributed by atoms with E-state index in [0.717, 1.165) is 49.2 Å². The number of allylic oxidation sites excluding steroid dienone is 2. The van der Waals surface area contributed by atoms with E-state index in [1.54, 1.807) is 6.07 Å². The summed E-state index contributed by atoms with van der Waals surface area (Å²) < 4.78 is 0. The summed E-state index contributed by atoms with van der Waals surface area (Å²) in [4.78, 5) is 15.2. The molecule has 5 rings (SSSR count). The van der Waals surface area contributed by atoms with Crippen LogP contribution in [-0.2, 0) is 0 Å². The second-order valence-electron chi connectivity index (χ2n) is 7.91. The maximum absolute atomic E-state index is 13.2. The van der Waals surface area contributed by atoms with Crippen molar-refractivity contribution in [3.05, 3.63) is 75.3 Å². The summed E-state index contributed by atoms with van der Waals surface area (Å²) in [6.45, 7) is 1.70. The predicted octanol–water partition coefficient (Wildman–Crippen LogP) is 6.06. The number of rotatable bonds is 2. The maximum Gasteiger partial charge on any atom is 0.255 e. The molecule has 2 heterocycles. The van der Waals surface area contributed by atoms with Crippen LogP contribution >= 0.6 is 23.2 Å². The number of hydrogen-bond donors (Lipinski definition) is 1. The Morgan fingerprint density at radius 2 is 1.89 bits per heavy atom. The molecule has 144 valence electrons. The SMILES string of the molecule is O=C(c1cccc2c1NC(c1ccc(Cl)cc1Cl)C1CC=CC21)N1CCCC1. The van der Waals surface area contributed by atoms with Crippen LogP contribution in [0.4, 0.5) is 5.69 Å². The Bertz CT molecular complexity index is 965. The lowest BCUT2D eigenvalue weighted by molar-refractivity contribution is 0.0793. The quantitative estimate of drug-likeness (QED) is 0.608. The van der Waals surface area contributed by atoms with E-state index in [9.17, 15) is 4.79 Å². The third kappa shape index (κ3) is 2.92. The summed E-state index contributed by atoms with van der Waals surface area (Å²) in [7, 11) is 0. The number of fused-ring (bicyclic) bond motifs is 3. The van der Waals surface area contributed by atoms with Crippen LogP contribution in [0, 0.1) is 5.92 Å². The minimum Gasteiger partial charge on any atom is -0.377 e. The highest BCUT2D eigenvalue weighted by molar-refractivity contribution is 6.35. The summed E-state index contributed by atoms with van der Waals surface area (Å²) >= 11 is 12.7. The highest BCUT2D eigenvalue weighted by Crippen LogP contribution is 2.51. The topological polar surface area (TPSA) is 32.3 Å². The third-order valence-electron chi connectivity index (χ3n) is 6.32. The molecule has 1 amide bonds. The van der Waals surface area contributed by atoms with Crippen molar-refractivity contribution in [3.8, 4) is 0 Å². The fourth-order valence-electron chi connectivity index (χ4n) is 4.95. The first-order valence-corrected chi connectivity index (χ1v) is 10.7. The number of anilines is 1. The molecule has 1 fully saturated rings. The Morgan fingerprint density at radius 3 is 2.68 bits per heavy atom. The molecule has 0 spiro atoms. The Hall–Kier alpha value is -1.97. The number of nitrogens with one attached hydrogen (secondary N) is 1. The molecule has 0 aromatic heterocycles. The van der Waals surface area contributed by atoms with Gasteiger partial charge < -0.3 is 10.2 Å². The molecule has 3 atom stereocenters. The number of likely N-dealkylation sites (tertiary alicyclic amines) is 1. The van der Waals surface area contributed by atoms with E-state index >= 15 is 0 Å². The van der Waals surface area contributed by atoms with Crippen LogP contribution in [-0.4, -0.2) is 23.9 Å². The van der Waals surface area contributed by atoms with Crippen molar-refractivity contribution in [1.82, 2.24) is 4.90 Å². The van der Waals surface area contributed by atoms with Crippen LogP contribution in [0.3, 0.4) is 0 Å². The summed E-state index contributed by atoms with van der Waals surface area (Å²) in [5.41, 5.74) is 3.99. The lowest BCUT2D eigenvalue weighted by Crippen LogP contribution is -2.33. The molecule has 3 unspecified atom stereocenters. The van der Waals surface area contributed by atoms with Gasteiger partial charge in [-0.05, 0) is 54.5 Å². The average molecular weight is 413 g/mol. The standard InChI is InChI=1S/C23H22Cl2N2O/c24-14-9-10-18(20(25)13-14)21-16-6-3-5-15(16)17-7-4-8-19(22(17)26-21)23(28)27-11-1-2-12-27/h3-5,7-10,13,15-16,21,26H,1-2,6,11-12H2. The molecule has 0 saturated carbocycles. The van der Waals surface area contributed by atoms with Crippen LogP contribution in [0.25, 0.3) is 0 Å². The average Bonchev–Trinajstić information content (AvgIpc) is 3.39. The second kappa shape index (κ2) is 7.13. The van der Waals surface area contributed by atoms with Gasteiger partial charge in [0.05, 0.1) is 17.3 Å². The third-order valence-corrected chi connectivity index (χ3v) is 6.88. The second-order valence-corrected chi connectivity index (χ2v) is 8.75. The number of carbonyl (C=O) groups is 1. The molecule has 2 aromatic carbocycles. The molecular weight excluding hydrogens is 391 g/mol. The molecule has 0 radical (unpaired) electrons. The first-order chi connectivity index (χ1) is 13.6. The van der Waals surface area contributed by atoms with Crippen molar-refractivity contribution in [1.29, 1.82) is 0 Å². The number of benzene rings is 2. The maximum atomic E-state index is 13.2. The zero-order valence-corrected chi connectivity index (χ0v) is 17.0. The van der Waals surface area contributed by atoms with Crippen molar-refractivity contribution < 1.29 is 4.79 Å². The summed E-state index contributed by atoms with van der Waals surface area (Å²) in [6.07, 6.45) is 7.70. The molecule has 3 nitrogen and oxygen atoms in total. The van der Waals surface area contributed by atoms with Gasteiger partial charge in [0.1, 0.15) is 0 Å². The minimum atomic E-state index is 0.0461. The minimum absolute atomic E-state index is 0.0461. The van der Waals surface area contributed by atoms with Gasteiger partial charge in [0.2, 0.25) is 0 Å². The number of carbonyl (C=O) groups excluding carboxylic acids is 1. The number of amides is 1. The zero-order valence-electron chi connectivity index (χ0n) is 15.5. The lowest BCUT2D eigenvalue weighted by atomic mass is 9.76. The van der Waals surface area contributed by atoms with Crippen LogP contribution in [0.2, 0.25) is 10.0 Å². The van der Waals surface area contributed by atoms with E-state index in [4.69, 9.17) is 23.2 Å². The largest absolute Gasteiger partial charge is 0.377 e. The van der Waals surface area contributed by atoms with Gasteiger partial charge in [-0.15, -0.1) is 0 Å². The molecule has 1 saturated heterocycles. The van der Waals surface area contributed by atoms with Gasteiger partial charge in [-0.2, -0.15) is 0 Å². The van der Waals surface area contributed by atoms with Crippen LogP contribution in [0.1, 0.15) is 52.7 Å². The highest BCUT2D eigenvalue weighted by Gasteiger charge is 2.40. The number of halogens is 2. The van der Waals surface area contributed by atoms with Gasteiger partial charge >= 0.3 is 0 Å².